The number of aromatic hydroxyl groups is 1. The van der Waals surface area contributed by atoms with E-state index in [2.05, 4.69) is 5.32 Å². The molecule has 2 aromatic rings. The first-order chi connectivity index (χ1) is 8.99. The molecule has 0 aliphatic heterocycles. The van der Waals surface area contributed by atoms with Crippen LogP contribution >= 0.6 is 0 Å². The third-order valence-electron chi connectivity index (χ3n) is 2.77. The fraction of sp³-hybridized carbons (Fsp3) is 0.214. The van der Waals surface area contributed by atoms with Crippen LogP contribution in [0.1, 0.15) is 30.4 Å². The maximum atomic E-state index is 13.2. The van der Waals surface area contributed by atoms with Crippen LogP contribution in [0.4, 0.5) is 10.1 Å². The van der Waals surface area contributed by atoms with E-state index in [-0.39, 0.29) is 11.9 Å². The van der Waals surface area contributed by atoms with Crippen LogP contribution in [-0.2, 0) is 0 Å². The Hall–Kier alpha value is -2.30. The molecule has 0 fully saturated rings. The number of hydrogen-bond donors (Lipinski definition) is 2. The summed E-state index contributed by atoms with van der Waals surface area (Å²) < 4.78 is 15.0. The second kappa shape index (κ2) is 5.14. The van der Waals surface area contributed by atoms with E-state index >= 15 is 0 Å². The van der Waals surface area contributed by atoms with Crippen molar-refractivity contribution in [2.45, 2.75) is 19.9 Å². The molecule has 0 aliphatic rings. The summed E-state index contributed by atoms with van der Waals surface area (Å²) in [6, 6.07) is 7.37. The van der Waals surface area contributed by atoms with Crippen molar-refractivity contribution in [1.29, 1.82) is 0 Å². The number of phenolic OH excluding ortho intramolecular Hbond substituents is 1. The number of anilines is 1. The van der Waals surface area contributed by atoms with Crippen LogP contribution in [0.3, 0.4) is 0 Å². The van der Waals surface area contributed by atoms with Gasteiger partial charge in [0.05, 0.1) is 0 Å². The summed E-state index contributed by atoms with van der Waals surface area (Å²) in [5.41, 5.74) is 0.806. The molecule has 0 saturated heterocycles. The molecule has 0 aliphatic carbocycles. The van der Waals surface area contributed by atoms with Gasteiger partial charge in [-0.2, -0.15) is 0 Å². The van der Waals surface area contributed by atoms with E-state index in [9.17, 15) is 9.18 Å². The first kappa shape index (κ1) is 13.1. The highest BCUT2D eigenvalue weighted by molar-refractivity contribution is 6.03. The van der Waals surface area contributed by atoms with E-state index in [1.165, 1.54) is 12.1 Å². The van der Waals surface area contributed by atoms with Crippen LogP contribution in [0.2, 0.25) is 0 Å². The third-order valence-corrected chi connectivity index (χ3v) is 2.77. The lowest BCUT2D eigenvalue weighted by Crippen LogP contribution is -2.17. The van der Waals surface area contributed by atoms with E-state index in [1.54, 1.807) is 12.1 Å². The van der Waals surface area contributed by atoms with Crippen LogP contribution in [-0.4, -0.2) is 15.6 Å². The first-order valence-corrected chi connectivity index (χ1v) is 5.95. The van der Waals surface area contributed by atoms with Crippen molar-refractivity contribution in [2.75, 3.05) is 5.32 Å². The van der Waals surface area contributed by atoms with Crippen LogP contribution in [0.25, 0.3) is 0 Å². The monoisotopic (exact) mass is 262 g/mol. The van der Waals surface area contributed by atoms with Crippen molar-refractivity contribution in [2.24, 2.45) is 0 Å². The summed E-state index contributed by atoms with van der Waals surface area (Å²) in [5, 5.41) is 11.7. The molecule has 2 N–H and O–H groups in total. The minimum absolute atomic E-state index is 0.160. The van der Waals surface area contributed by atoms with Gasteiger partial charge in [-0.1, -0.05) is 0 Å². The minimum atomic E-state index is -0.767. The van der Waals surface area contributed by atoms with Crippen molar-refractivity contribution in [3.05, 3.63) is 48.0 Å². The predicted molar refractivity (Wildman–Crippen MR) is 70.8 cm³/mol. The van der Waals surface area contributed by atoms with E-state index < -0.39 is 11.6 Å². The molecule has 100 valence electrons. The molecule has 0 spiro atoms. The van der Waals surface area contributed by atoms with E-state index in [1.807, 2.05) is 24.6 Å². The molecule has 19 heavy (non-hydrogen) atoms. The van der Waals surface area contributed by atoms with Crippen molar-refractivity contribution >= 4 is 11.6 Å². The number of aromatic nitrogens is 1. The van der Waals surface area contributed by atoms with Gasteiger partial charge in [-0.05, 0) is 38.1 Å². The average molecular weight is 262 g/mol. The number of phenols is 1. The largest absolute Gasteiger partial charge is 0.505 e. The second-order valence-corrected chi connectivity index (χ2v) is 4.51. The molecule has 5 heteroatoms. The van der Waals surface area contributed by atoms with Gasteiger partial charge < -0.3 is 15.0 Å². The molecule has 1 aromatic carbocycles. The summed E-state index contributed by atoms with van der Waals surface area (Å²) in [6.07, 6.45) is 1.82. The van der Waals surface area contributed by atoms with Crippen molar-refractivity contribution in [3.63, 3.8) is 0 Å². The zero-order valence-corrected chi connectivity index (χ0v) is 10.7. The van der Waals surface area contributed by atoms with E-state index in [0.29, 0.717) is 11.4 Å². The summed E-state index contributed by atoms with van der Waals surface area (Å²) >= 11 is 0. The van der Waals surface area contributed by atoms with Crippen molar-refractivity contribution in [3.8, 4) is 5.75 Å². The molecular weight excluding hydrogens is 247 g/mol. The van der Waals surface area contributed by atoms with Crippen molar-refractivity contribution in [1.82, 2.24) is 4.57 Å². The smallest absolute Gasteiger partial charge is 0.272 e. The maximum absolute atomic E-state index is 13.2. The Kier molecular flexibility index (Phi) is 3.55. The highest BCUT2D eigenvalue weighted by Crippen LogP contribution is 2.20. The molecule has 2 rings (SSSR count). The highest BCUT2D eigenvalue weighted by atomic mass is 19.1. The van der Waals surface area contributed by atoms with Gasteiger partial charge in [0.15, 0.2) is 11.6 Å². The summed E-state index contributed by atoms with van der Waals surface area (Å²) in [7, 11) is 0. The number of nitrogens with one attached hydrogen (secondary N) is 1. The van der Waals surface area contributed by atoms with E-state index in [4.69, 9.17) is 5.11 Å². The quantitative estimate of drug-likeness (QED) is 0.835. The standard InChI is InChI=1S/C14H15FN2O2/c1-9(2)17-7-3-4-12(17)14(19)16-10-5-6-13(18)11(15)8-10/h3-9,18H,1-2H3,(H,16,19). The Morgan fingerprint density at radius 3 is 2.74 bits per heavy atom. The van der Waals surface area contributed by atoms with Gasteiger partial charge in [0.25, 0.3) is 5.91 Å². The second-order valence-electron chi connectivity index (χ2n) is 4.51. The molecule has 0 radical (unpaired) electrons. The fourth-order valence-corrected chi connectivity index (χ4v) is 1.82. The lowest BCUT2D eigenvalue weighted by Gasteiger charge is -2.13. The predicted octanol–water partition coefficient (Wildman–Crippen LogP) is 3.17. The van der Waals surface area contributed by atoms with Crippen LogP contribution in [0.15, 0.2) is 36.5 Å². The van der Waals surface area contributed by atoms with Gasteiger partial charge in [0, 0.05) is 24.0 Å². The molecular formula is C14H15FN2O2. The van der Waals surface area contributed by atoms with Gasteiger partial charge >= 0.3 is 0 Å². The highest BCUT2D eigenvalue weighted by Gasteiger charge is 2.13. The summed E-state index contributed by atoms with van der Waals surface area (Å²) in [6.45, 7) is 3.94. The number of carbonyl (C=O) groups excluding carboxylic acids is 1. The summed E-state index contributed by atoms with van der Waals surface area (Å²) in [5.74, 6) is -1.52. The topological polar surface area (TPSA) is 54.3 Å². The van der Waals surface area contributed by atoms with Gasteiger partial charge in [-0.15, -0.1) is 0 Å². The summed E-state index contributed by atoms with van der Waals surface area (Å²) in [4.78, 5) is 12.1. The number of rotatable bonds is 3. The number of amides is 1. The molecule has 1 amide bonds. The Balaban J connectivity index is 2.21. The van der Waals surface area contributed by atoms with Gasteiger partial charge in [0.2, 0.25) is 0 Å². The minimum Gasteiger partial charge on any atom is -0.505 e. The Morgan fingerprint density at radius 1 is 1.37 bits per heavy atom. The number of carbonyl (C=O) groups is 1. The Labute approximate surface area is 110 Å². The molecule has 0 bridgehead atoms. The van der Waals surface area contributed by atoms with Gasteiger partial charge in [-0.25, -0.2) is 4.39 Å². The number of nitrogens with zero attached hydrogens (tertiary/aromatic N) is 1. The molecule has 0 unspecified atom stereocenters. The number of halogens is 1. The third kappa shape index (κ3) is 2.76. The number of hydrogen-bond acceptors (Lipinski definition) is 2. The molecule has 4 nitrogen and oxygen atoms in total. The van der Waals surface area contributed by atoms with Crippen LogP contribution in [0, 0.1) is 5.82 Å². The Bertz CT molecular complexity index is 605. The maximum Gasteiger partial charge on any atom is 0.272 e. The average Bonchev–Trinajstić information content (AvgIpc) is 2.83. The normalized spacial score (nSPS) is 10.7. The van der Waals surface area contributed by atoms with Gasteiger partial charge in [-0.3, -0.25) is 4.79 Å². The van der Waals surface area contributed by atoms with Crippen LogP contribution in [0.5, 0.6) is 5.75 Å². The molecule has 1 heterocycles. The van der Waals surface area contributed by atoms with E-state index in [0.717, 1.165) is 6.07 Å². The fourth-order valence-electron chi connectivity index (χ4n) is 1.82. The zero-order chi connectivity index (χ0) is 14.0. The SMILES string of the molecule is CC(C)n1cccc1C(=O)Nc1ccc(O)c(F)c1. The lowest BCUT2D eigenvalue weighted by molar-refractivity contribution is 0.101. The van der Waals surface area contributed by atoms with Crippen LogP contribution < -0.4 is 5.32 Å². The number of benzene rings is 1. The molecule has 1 aromatic heterocycles. The van der Waals surface area contributed by atoms with Gasteiger partial charge in [0.1, 0.15) is 5.69 Å². The zero-order valence-electron chi connectivity index (χ0n) is 10.7. The Morgan fingerprint density at radius 2 is 2.11 bits per heavy atom. The molecule has 0 saturated carbocycles. The van der Waals surface area contributed by atoms with Crippen molar-refractivity contribution < 1.29 is 14.3 Å². The first-order valence-electron chi connectivity index (χ1n) is 5.95. The lowest BCUT2D eigenvalue weighted by atomic mass is 10.2. The molecule has 0 atom stereocenters.